The topological polar surface area (TPSA) is 108 Å². The first kappa shape index (κ1) is 20.9. The molecule has 4 amide bonds. The minimum absolute atomic E-state index is 0.00241. The number of amides is 4. The largest absolute Gasteiger partial charge is 0.352 e. The lowest BCUT2D eigenvalue weighted by Gasteiger charge is -2.14. The monoisotopic (exact) mass is 428 g/mol. The van der Waals surface area contributed by atoms with E-state index in [2.05, 4.69) is 15.6 Å². The van der Waals surface area contributed by atoms with Crippen LogP contribution in [0.2, 0.25) is 0 Å². The molecule has 8 heteroatoms. The summed E-state index contributed by atoms with van der Waals surface area (Å²) in [5.74, 6) is -1.39. The molecule has 0 saturated heterocycles. The fraction of sp³-hybridized carbons (Fsp3) is 0.125. The lowest BCUT2D eigenvalue weighted by Crippen LogP contribution is -2.34. The number of nitrogens with zero attached hydrogens (tertiary/aromatic N) is 2. The Hall–Kier alpha value is -4.33. The average Bonchev–Trinajstić information content (AvgIpc) is 3.07. The van der Waals surface area contributed by atoms with Gasteiger partial charge in [0, 0.05) is 37.6 Å². The summed E-state index contributed by atoms with van der Waals surface area (Å²) in [5, 5.41) is 5.60. The Morgan fingerprint density at radius 3 is 2.25 bits per heavy atom. The minimum atomic E-state index is -0.387. The van der Waals surface area contributed by atoms with E-state index >= 15 is 0 Å². The Kier molecular flexibility index (Phi) is 6.03. The summed E-state index contributed by atoms with van der Waals surface area (Å²) < 4.78 is 0. The van der Waals surface area contributed by atoms with E-state index in [1.165, 1.54) is 6.20 Å². The Labute approximate surface area is 184 Å². The van der Waals surface area contributed by atoms with Gasteiger partial charge in [0.2, 0.25) is 5.91 Å². The van der Waals surface area contributed by atoms with Crippen molar-refractivity contribution in [2.24, 2.45) is 0 Å². The molecule has 0 bridgehead atoms. The summed E-state index contributed by atoms with van der Waals surface area (Å²) in [4.78, 5) is 54.6. The zero-order chi connectivity index (χ0) is 22.5. The zero-order valence-corrected chi connectivity index (χ0v) is 17.1. The molecule has 2 heterocycles. The summed E-state index contributed by atoms with van der Waals surface area (Å²) in [6.45, 7) is 0.183. The molecule has 1 aliphatic heterocycles. The van der Waals surface area contributed by atoms with Crippen LogP contribution in [0, 0.1) is 0 Å². The Morgan fingerprint density at radius 2 is 1.56 bits per heavy atom. The fourth-order valence-electron chi connectivity index (χ4n) is 3.43. The van der Waals surface area contributed by atoms with Crippen LogP contribution >= 0.6 is 0 Å². The van der Waals surface area contributed by atoms with Gasteiger partial charge >= 0.3 is 0 Å². The lowest BCUT2D eigenvalue weighted by atomic mass is 10.1. The van der Waals surface area contributed by atoms with E-state index in [0.717, 1.165) is 10.5 Å². The van der Waals surface area contributed by atoms with E-state index in [9.17, 15) is 19.2 Å². The number of imide groups is 1. The predicted octanol–water partition coefficient (Wildman–Crippen LogP) is 2.64. The molecule has 0 aliphatic carbocycles. The quantitative estimate of drug-likeness (QED) is 0.563. The molecule has 0 fully saturated rings. The first-order valence-electron chi connectivity index (χ1n) is 10.1. The second-order valence-corrected chi connectivity index (χ2v) is 7.19. The number of carbonyl (C=O) groups excluding carboxylic acids is 4. The van der Waals surface area contributed by atoms with Gasteiger partial charge in [0.05, 0.1) is 16.7 Å². The highest BCUT2D eigenvalue weighted by Gasteiger charge is 2.34. The molecule has 32 heavy (non-hydrogen) atoms. The van der Waals surface area contributed by atoms with E-state index < -0.39 is 0 Å². The molecule has 0 radical (unpaired) electrons. The predicted molar refractivity (Wildman–Crippen MR) is 117 cm³/mol. The van der Waals surface area contributed by atoms with Crippen LogP contribution in [-0.2, 0) is 11.3 Å². The summed E-state index contributed by atoms with van der Waals surface area (Å²) in [7, 11) is 0. The molecule has 0 unspecified atom stereocenters. The molecule has 0 saturated carbocycles. The van der Waals surface area contributed by atoms with Gasteiger partial charge in [-0.15, -0.1) is 0 Å². The molecule has 3 aromatic rings. The number of anilines is 1. The van der Waals surface area contributed by atoms with Crippen molar-refractivity contribution >= 4 is 29.3 Å². The van der Waals surface area contributed by atoms with Gasteiger partial charge in [0.15, 0.2) is 0 Å². The van der Waals surface area contributed by atoms with Gasteiger partial charge in [-0.1, -0.05) is 30.3 Å². The number of benzene rings is 2. The van der Waals surface area contributed by atoms with Crippen LogP contribution in [0.1, 0.15) is 43.1 Å². The third-order valence-corrected chi connectivity index (χ3v) is 5.11. The van der Waals surface area contributed by atoms with Gasteiger partial charge < -0.3 is 10.6 Å². The van der Waals surface area contributed by atoms with Crippen LogP contribution in [0.25, 0.3) is 0 Å². The van der Waals surface area contributed by atoms with Crippen molar-refractivity contribution in [3.63, 3.8) is 0 Å². The van der Waals surface area contributed by atoms with Gasteiger partial charge in [-0.3, -0.25) is 29.1 Å². The van der Waals surface area contributed by atoms with Gasteiger partial charge in [-0.05, 0) is 35.9 Å². The number of hydrogen-bond donors (Lipinski definition) is 2. The highest BCUT2D eigenvalue weighted by Crippen LogP contribution is 2.22. The first-order chi connectivity index (χ1) is 15.5. The molecule has 8 nitrogen and oxygen atoms in total. The SMILES string of the molecule is O=C(CCN1C(=O)c2ccccc2C1=O)NCc1ccccc1NC(=O)c1cccnc1. The highest BCUT2D eigenvalue weighted by atomic mass is 16.2. The standard InChI is InChI=1S/C24H20N4O4/c29-21(11-13-28-23(31)18-8-2-3-9-19(18)24(28)32)26-15-16-6-1-4-10-20(16)27-22(30)17-7-5-12-25-14-17/h1-10,12,14H,11,13,15H2,(H,26,29)(H,27,30). The number of rotatable bonds is 7. The molecular weight excluding hydrogens is 408 g/mol. The fourth-order valence-corrected chi connectivity index (χ4v) is 3.43. The van der Waals surface area contributed by atoms with Crippen LogP contribution in [0.3, 0.4) is 0 Å². The van der Waals surface area contributed by atoms with E-state index in [-0.39, 0.29) is 43.1 Å². The maximum absolute atomic E-state index is 12.4. The van der Waals surface area contributed by atoms with Crippen molar-refractivity contribution in [2.75, 3.05) is 11.9 Å². The van der Waals surface area contributed by atoms with Crippen molar-refractivity contribution in [3.8, 4) is 0 Å². The highest BCUT2D eigenvalue weighted by molar-refractivity contribution is 6.21. The number of fused-ring (bicyclic) bond motifs is 1. The van der Waals surface area contributed by atoms with Crippen LogP contribution in [0.5, 0.6) is 0 Å². The maximum atomic E-state index is 12.4. The van der Waals surface area contributed by atoms with Gasteiger partial charge in [0.1, 0.15) is 0 Å². The van der Waals surface area contributed by atoms with Crippen molar-refractivity contribution < 1.29 is 19.2 Å². The molecule has 160 valence electrons. The number of nitrogens with one attached hydrogen (secondary N) is 2. The smallest absolute Gasteiger partial charge is 0.261 e. The van der Waals surface area contributed by atoms with Crippen LogP contribution in [0.4, 0.5) is 5.69 Å². The number of para-hydroxylation sites is 1. The van der Waals surface area contributed by atoms with Crippen LogP contribution in [-0.4, -0.2) is 40.1 Å². The van der Waals surface area contributed by atoms with E-state index in [1.54, 1.807) is 66.9 Å². The van der Waals surface area contributed by atoms with Crippen molar-refractivity contribution in [1.29, 1.82) is 0 Å². The Morgan fingerprint density at radius 1 is 0.875 bits per heavy atom. The average molecular weight is 428 g/mol. The zero-order valence-electron chi connectivity index (χ0n) is 17.1. The van der Waals surface area contributed by atoms with Crippen molar-refractivity contribution in [2.45, 2.75) is 13.0 Å². The molecule has 1 aromatic heterocycles. The maximum Gasteiger partial charge on any atom is 0.261 e. The third kappa shape index (κ3) is 4.39. The summed E-state index contributed by atoms with van der Waals surface area (Å²) in [6, 6.07) is 17.1. The molecule has 2 aromatic carbocycles. The van der Waals surface area contributed by atoms with Crippen LogP contribution in [0.15, 0.2) is 73.1 Å². The van der Waals surface area contributed by atoms with Crippen molar-refractivity contribution in [3.05, 3.63) is 95.3 Å². The lowest BCUT2D eigenvalue weighted by molar-refractivity contribution is -0.121. The summed E-state index contributed by atoms with van der Waals surface area (Å²) in [5.41, 5.74) is 2.43. The van der Waals surface area contributed by atoms with E-state index in [0.29, 0.717) is 22.4 Å². The molecule has 4 rings (SSSR count). The second kappa shape index (κ2) is 9.22. The molecule has 0 spiro atoms. The Bertz CT molecular complexity index is 1160. The summed E-state index contributed by atoms with van der Waals surface area (Å²) >= 11 is 0. The third-order valence-electron chi connectivity index (χ3n) is 5.11. The second-order valence-electron chi connectivity index (χ2n) is 7.19. The first-order valence-corrected chi connectivity index (χ1v) is 10.1. The minimum Gasteiger partial charge on any atom is -0.352 e. The molecule has 1 aliphatic rings. The number of aromatic nitrogens is 1. The number of pyridine rings is 1. The normalized spacial score (nSPS) is 12.4. The summed E-state index contributed by atoms with van der Waals surface area (Å²) in [6.07, 6.45) is 3.04. The van der Waals surface area contributed by atoms with Crippen molar-refractivity contribution in [1.82, 2.24) is 15.2 Å². The van der Waals surface area contributed by atoms with Crippen LogP contribution < -0.4 is 10.6 Å². The molecule has 0 atom stereocenters. The molecule has 2 N–H and O–H groups in total. The number of carbonyl (C=O) groups is 4. The van der Waals surface area contributed by atoms with Gasteiger partial charge in [-0.25, -0.2) is 0 Å². The number of hydrogen-bond acceptors (Lipinski definition) is 5. The van der Waals surface area contributed by atoms with Gasteiger partial charge in [-0.2, -0.15) is 0 Å². The van der Waals surface area contributed by atoms with Gasteiger partial charge in [0.25, 0.3) is 17.7 Å². The Balaban J connectivity index is 1.33. The van der Waals surface area contributed by atoms with E-state index in [1.807, 2.05) is 0 Å². The molecular formula is C24H20N4O4. The van der Waals surface area contributed by atoms with E-state index in [4.69, 9.17) is 0 Å².